The van der Waals surface area contributed by atoms with Crippen LogP contribution in [0, 0.1) is 5.82 Å². The third-order valence-corrected chi connectivity index (χ3v) is 7.42. The van der Waals surface area contributed by atoms with E-state index in [1.165, 1.54) is 12.1 Å². The van der Waals surface area contributed by atoms with Crippen LogP contribution in [0.2, 0.25) is 0 Å². The number of nitrogens with zero attached hydrogens (tertiary/aromatic N) is 2. The number of rotatable bonds is 8. The first-order valence-corrected chi connectivity index (χ1v) is 13.7. The van der Waals surface area contributed by atoms with E-state index in [4.69, 9.17) is 9.47 Å². The van der Waals surface area contributed by atoms with E-state index >= 15 is 0 Å². The molecular weight excluding hydrogens is 487 g/mol. The third-order valence-electron chi connectivity index (χ3n) is 5.92. The molecule has 3 rings (SSSR count). The minimum atomic E-state index is -3.46. The summed E-state index contributed by atoms with van der Waals surface area (Å²) in [5.41, 5.74) is 2.38. The van der Waals surface area contributed by atoms with Crippen molar-refractivity contribution >= 4 is 21.9 Å². The fourth-order valence-corrected chi connectivity index (χ4v) is 4.59. The van der Waals surface area contributed by atoms with Gasteiger partial charge in [-0.15, -0.1) is 0 Å². The third kappa shape index (κ3) is 6.96. The number of aliphatic carboxylic acids is 1. The minimum Gasteiger partial charge on any atom is -0.481 e. The van der Waals surface area contributed by atoms with Gasteiger partial charge in [0.25, 0.3) is 0 Å². The Labute approximate surface area is 211 Å². The van der Waals surface area contributed by atoms with Gasteiger partial charge < -0.3 is 14.6 Å². The Hall–Kier alpha value is -2.69. The lowest BCUT2D eigenvalue weighted by Gasteiger charge is -2.39. The quantitative estimate of drug-likeness (QED) is 0.522. The predicted molar refractivity (Wildman–Crippen MR) is 135 cm³/mol. The Morgan fingerprint density at radius 3 is 2.39 bits per heavy atom. The van der Waals surface area contributed by atoms with Gasteiger partial charge in [0.15, 0.2) is 15.6 Å². The summed E-state index contributed by atoms with van der Waals surface area (Å²) in [7, 11) is -3.46. The summed E-state index contributed by atoms with van der Waals surface area (Å²) in [6.07, 6.45) is 4.02. The normalized spacial score (nSPS) is 21.1. The van der Waals surface area contributed by atoms with E-state index in [1.807, 2.05) is 26.0 Å². The summed E-state index contributed by atoms with van der Waals surface area (Å²) in [5.74, 6) is -2.24. The van der Waals surface area contributed by atoms with Gasteiger partial charge in [-0.3, -0.25) is 4.79 Å². The lowest BCUT2D eigenvalue weighted by Crippen LogP contribution is -2.44. The van der Waals surface area contributed by atoms with Crippen LogP contribution in [0.5, 0.6) is 0 Å². The Bertz CT molecular complexity index is 1240. The van der Waals surface area contributed by atoms with Crippen LogP contribution in [-0.4, -0.2) is 53.7 Å². The molecule has 0 bridgehead atoms. The molecule has 8 nitrogen and oxygen atoms in total. The van der Waals surface area contributed by atoms with Crippen molar-refractivity contribution < 1.29 is 32.2 Å². The maximum absolute atomic E-state index is 13.7. The van der Waals surface area contributed by atoms with Crippen molar-refractivity contribution in [2.75, 3.05) is 6.26 Å². The zero-order valence-electron chi connectivity index (χ0n) is 21.4. The van der Waals surface area contributed by atoms with Crippen molar-refractivity contribution in [3.05, 3.63) is 53.2 Å². The van der Waals surface area contributed by atoms with E-state index in [0.717, 1.165) is 6.26 Å². The average molecular weight is 521 g/mol. The molecule has 1 saturated heterocycles. The Balaban J connectivity index is 2.13. The smallest absolute Gasteiger partial charge is 0.305 e. The molecule has 0 spiro atoms. The van der Waals surface area contributed by atoms with Crippen molar-refractivity contribution in [1.29, 1.82) is 0 Å². The fourth-order valence-electron chi connectivity index (χ4n) is 4.10. The maximum atomic E-state index is 13.7. The van der Waals surface area contributed by atoms with Gasteiger partial charge in [0.2, 0.25) is 0 Å². The second kappa shape index (κ2) is 10.7. The van der Waals surface area contributed by atoms with Crippen molar-refractivity contribution in [3.8, 4) is 11.3 Å². The van der Waals surface area contributed by atoms with E-state index in [2.05, 4.69) is 9.97 Å². The van der Waals surface area contributed by atoms with Gasteiger partial charge in [0, 0.05) is 23.8 Å². The summed E-state index contributed by atoms with van der Waals surface area (Å²) < 4.78 is 50.0. The van der Waals surface area contributed by atoms with Crippen LogP contribution in [0.25, 0.3) is 17.3 Å². The number of carboxylic acids is 1. The molecule has 1 fully saturated rings. The SMILES string of the molecule is CC(C)c1nc(C(C)S(C)(=O)=O)nc(-c2ccc(F)cc2)c1/C=C/C1CC(CC(=O)O)OC(C)(C)O1. The van der Waals surface area contributed by atoms with Gasteiger partial charge in [-0.1, -0.05) is 26.0 Å². The summed E-state index contributed by atoms with van der Waals surface area (Å²) in [6, 6.07) is 5.82. The first-order valence-electron chi connectivity index (χ1n) is 11.8. The molecule has 10 heteroatoms. The zero-order valence-corrected chi connectivity index (χ0v) is 22.2. The number of hydrogen-bond acceptors (Lipinski definition) is 7. The molecule has 36 heavy (non-hydrogen) atoms. The summed E-state index contributed by atoms with van der Waals surface area (Å²) >= 11 is 0. The summed E-state index contributed by atoms with van der Waals surface area (Å²) in [6.45, 7) is 8.89. The lowest BCUT2D eigenvalue weighted by molar-refractivity contribution is -0.290. The van der Waals surface area contributed by atoms with E-state index < -0.39 is 44.9 Å². The van der Waals surface area contributed by atoms with Crippen LogP contribution in [0.4, 0.5) is 4.39 Å². The van der Waals surface area contributed by atoms with Gasteiger partial charge in [0.1, 0.15) is 16.9 Å². The second-order valence-corrected chi connectivity index (χ2v) is 12.2. The van der Waals surface area contributed by atoms with Crippen LogP contribution in [0.1, 0.15) is 75.7 Å². The highest BCUT2D eigenvalue weighted by molar-refractivity contribution is 7.90. The molecule has 3 atom stereocenters. The van der Waals surface area contributed by atoms with Crippen LogP contribution < -0.4 is 0 Å². The van der Waals surface area contributed by atoms with Gasteiger partial charge in [-0.25, -0.2) is 22.8 Å². The van der Waals surface area contributed by atoms with Crippen LogP contribution in [0.15, 0.2) is 30.3 Å². The molecule has 2 heterocycles. The summed E-state index contributed by atoms with van der Waals surface area (Å²) in [5, 5.41) is 8.29. The molecule has 2 aromatic rings. The number of sulfone groups is 1. The van der Waals surface area contributed by atoms with Crippen LogP contribution >= 0.6 is 0 Å². The molecule has 0 saturated carbocycles. The Morgan fingerprint density at radius 1 is 1.19 bits per heavy atom. The van der Waals surface area contributed by atoms with E-state index in [1.54, 1.807) is 32.9 Å². The molecule has 0 radical (unpaired) electrons. The number of benzene rings is 1. The monoisotopic (exact) mass is 520 g/mol. The van der Waals surface area contributed by atoms with Crippen LogP contribution in [0.3, 0.4) is 0 Å². The topological polar surface area (TPSA) is 116 Å². The molecule has 1 aromatic heterocycles. The van der Waals surface area contributed by atoms with E-state index in [-0.39, 0.29) is 18.2 Å². The zero-order chi connectivity index (χ0) is 26.8. The Kier molecular flexibility index (Phi) is 8.32. The highest BCUT2D eigenvalue weighted by Gasteiger charge is 2.35. The van der Waals surface area contributed by atoms with Crippen molar-refractivity contribution in [2.45, 2.75) is 76.6 Å². The lowest BCUT2D eigenvalue weighted by atomic mass is 9.96. The number of carboxylic acid groups (broad SMARTS) is 1. The molecule has 196 valence electrons. The van der Waals surface area contributed by atoms with Gasteiger partial charge in [-0.2, -0.15) is 0 Å². The maximum Gasteiger partial charge on any atom is 0.305 e. The molecule has 1 aromatic carbocycles. The first kappa shape index (κ1) is 27.9. The minimum absolute atomic E-state index is 0.0795. The summed E-state index contributed by atoms with van der Waals surface area (Å²) in [4.78, 5) is 20.5. The first-order chi connectivity index (χ1) is 16.7. The van der Waals surface area contributed by atoms with Gasteiger partial charge in [0.05, 0.1) is 30.0 Å². The number of halogens is 1. The molecular formula is C26H33FN2O6S. The number of carbonyl (C=O) groups is 1. The molecule has 0 amide bonds. The second-order valence-electron chi connectivity index (χ2n) is 9.85. The number of ether oxygens (including phenoxy) is 2. The predicted octanol–water partition coefficient (Wildman–Crippen LogP) is 4.91. The molecule has 1 aliphatic rings. The number of hydrogen-bond donors (Lipinski definition) is 1. The fraction of sp³-hybridized carbons (Fsp3) is 0.500. The van der Waals surface area contributed by atoms with E-state index in [0.29, 0.717) is 28.9 Å². The Morgan fingerprint density at radius 2 is 1.83 bits per heavy atom. The van der Waals surface area contributed by atoms with Gasteiger partial charge in [-0.05, 0) is 51.0 Å². The molecule has 1 aliphatic heterocycles. The van der Waals surface area contributed by atoms with Crippen molar-refractivity contribution in [1.82, 2.24) is 9.97 Å². The molecule has 0 aliphatic carbocycles. The van der Waals surface area contributed by atoms with Gasteiger partial charge >= 0.3 is 5.97 Å². The largest absolute Gasteiger partial charge is 0.481 e. The highest BCUT2D eigenvalue weighted by atomic mass is 32.2. The molecule has 1 N–H and O–H groups in total. The average Bonchev–Trinajstić information content (AvgIpc) is 2.75. The van der Waals surface area contributed by atoms with Crippen molar-refractivity contribution in [3.63, 3.8) is 0 Å². The van der Waals surface area contributed by atoms with E-state index in [9.17, 15) is 22.7 Å². The number of aromatic nitrogens is 2. The molecule has 3 unspecified atom stereocenters. The van der Waals surface area contributed by atoms with Crippen LogP contribution in [-0.2, 0) is 24.1 Å². The standard InChI is InChI=1S/C26H33FN2O6S/c1-15(2)23-21(12-11-19-13-20(14-22(30)31)35-26(4,5)34-19)24(17-7-9-18(27)10-8-17)29-25(28-23)16(3)36(6,32)33/h7-12,15-16,19-20H,13-14H2,1-6H3,(H,30,31)/b12-11+. The highest BCUT2D eigenvalue weighted by Crippen LogP contribution is 2.34. The van der Waals surface area contributed by atoms with Crippen molar-refractivity contribution in [2.24, 2.45) is 0 Å².